The Hall–Kier alpha value is -2.99. The van der Waals surface area contributed by atoms with Crippen molar-refractivity contribution < 1.29 is 14.3 Å². The molecule has 0 atom stereocenters. The number of ether oxygens (including phenoxy) is 1. The molecule has 1 aliphatic heterocycles. The molecule has 3 heterocycles. The quantitative estimate of drug-likeness (QED) is 0.444. The second-order valence-electron chi connectivity index (χ2n) is 7.72. The number of aryl methyl sites for hydroxylation is 2. The highest BCUT2D eigenvalue weighted by molar-refractivity contribution is 6.05. The number of ketones is 1. The topological polar surface area (TPSA) is 64.4 Å². The van der Waals surface area contributed by atoms with E-state index in [1.54, 1.807) is 13.1 Å². The van der Waals surface area contributed by atoms with Gasteiger partial charge in [0.15, 0.2) is 5.78 Å². The summed E-state index contributed by atoms with van der Waals surface area (Å²) >= 11 is 0. The SMILES string of the molecule is CC(=O)c1ccc(CCCCn2cc(C(=O)N3CCOCC3)c3ncccc32)cc1. The summed E-state index contributed by atoms with van der Waals surface area (Å²) < 4.78 is 7.51. The monoisotopic (exact) mass is 405 g/mol. The molecule has 0 spiro atoms. The van der Waals surface area contributed by atoms with Crippen molar-refractivity contribution in [3.8, 4) is 0 Å². The minimum atomic E-state index is 0.0336. The van der Waals surface area contributed by atoms with E-state index in [1.807, 2.05) is 47.5 Å². The third-order valence-corrected chi connectivity index (χ3v) is 5.64. The van der Waals surface area contributed by atoms with Crippen molar-refractivity contribution in [3.63, 3.8) is 0 Å². The van der Waals surface area contributed by atoms with Gasteiger partial charge in [-0.3, -0.25) is 14.6 Å². The molecule has 4 rings (SSSR count). The number of amides is 1. The minimum Gasteiger partial charge on any atom is -0.378 e. The van der Waals surface area contributed by atoms with E-state index in [4.69, 9.17) is 4.74 Å². The average Bonchev–Trinajstić information content (AvgIpc) is 3.16. The van der Waals surface area contributed by atoms with Crippen molar-refractivity contribution in [1.82, 2.24) is 14.5 Å². The van der Waals surface area contributed by atoms with Crippen molar-refractivity contribution >= 4 is 22.7 Å². The van der Waals surface area contributed by atoms with Crippen LogP contribution in [0.3, 0.4) is 0 Å². The third kappa shape index (κ3) is 4.44. The van der Waals surface area contributed by atoms with Gasteiger partial charge in [0.25, 0.3) is 5.91 Å². The van der Waals surface area contributed by atoms with Gasteiger partial charge in [0.1, 0.15) is 5.52 Å². The van der Waals surface area contributed by atoms with Crippen LogP contribution in [0.5, 0.6) is 0 Å². The molecule has 3 aromatic rings. The van der Waals surface area contributed by atoms with Gasteiger partial charge in [-0.05, 0) is 43.9 Å². The summed E-state index contributed by atoms with van der Waals surface area (Å²) in [4.78, 5) is 30.7. The lowest BCUT2D eigenvalue weighted by molar-refractivity contribution is 0.0304. The van der Waals surface area contributed by atoms with Crippen molar-refractivity contribution in [2.24, 2.45) is 0 Å². The zero-order chi connectivity index (χ0) is 20.9. The van der Waals surface area contributed by atoms with Crippen molar-refractivity contribution in [1.29, 1.82) is 0 Å². The molecule has 6 heteroatoms. The van der Waals surface area contributed by atoms with Crippen LogP contribution >= 0.6 is 0 Å². The van der Waals surface area contributed by atoms with Gasteiger partial charge >= 0.3 is 0 Å². The molecule has 30 heavy (non-hydrogen) atoms. The standard InChI is InChI=1S/C24H27N3O3/c1-18(28)20-9-7-19(8-10-20)5-2-3-12-27-17-21(23-22(27)6-4-11-25-23)24(29)26-13-15-30-16-14-26/h4,6-11,17H,2-3,5,12-16H2,1H3. The number of carbonyl (C=O) groups is 2. The number of rotatable bonds is 7. The van der Waals surface area contributed by atoms with E-state index in [0.29, 0.717) is 31.9 Å². The molecule has 0 radical (unpaired) electrons. The van der Waals surface area contributed by atoms with E-state index >= 15 is 0 Å². The first-order valence-electron chi connectivity index (χ1n) is 10.5. The van der Waals surface area contributed by atoms with Crippen molar-refractivity contribution in [2.45, 2.75) is 32.7 Å². The van der Waals surface area contributed by atoms with Crippen molar-refractivity contribution in [2.75, 3.05) is 26.3 Å². The Kier molecular flexibility index (Phi) is 6.23. The fraction of sp³-hybridized carbons (Fsp3) is 0.375. The summed E-state index contributed by atoms with van der Waals surface area (Å²) in [5.41, 5.74) is 4.44. The second-order valence-corrected chi connectivity index (χ2v) is 7.72. The maximum absolute atomic E-state index is 13.0. The van der Waals surface area contributed by atoms with E-state index in [2.05, 4.69) is 9.55 Å². The molecule has 1 saturated heterocycles. The Morgan fingerprint density at radius 3 is 2.57 bits per heavy atom. The van der Waals surface area contributed by atoms with Crippen LogP contribution in [0, 0.1) is 0 Å². The molecule has 0 bridgehead atoms. The largest absolute Gasteiger partial charge is 0.378 e. The molecule has 1 amide bonds. The molecule has 0 unspecified atom stereocenters. The van der Waals surface area contributed by atoms with Gasteiger partial charge < -0.3 is 14.2 Å². The molecule has 6 nitrogen and oxygen atoms in total. The molecular formula is C24H27N3O3. The van der Waals surface area contributed by atoms with Crippen molar-refractivity contribution in [3.05, 3.63) is 65.5 Å². The fourth-order valence-electron chi connectivity index (χ4n) is 3.92. The third-order valence-electron chi connectivity index (χ3n) is 5.64. The number of Topliss-reactive ketones (excluding diaryl/α,β-unsaturated/α-hetero) is 1. The van der Waals surface area contributed by atoms with Gasteiger partial charge in [-0.15, -0.1) is 0 Å². The molecule has 2 aromatic heterocycles. The lowest BCUT2D eigenvalue weighted by Gasteiger charge is -2.26. The summed E-state index contributed by atoms with van der Waals surface area (Å²) in [6.07, 6.45) is 6.70. The summed E-state index contributed by atoms with van der Waals surface area (Å²) in [6.45, 7) is 4.85. The van der Waals surface area contributed by atoms with Crippen LogP contribution in [0.4, 0.5) is 0 Å². The van der Waals surface area contributed by atoms with E-state index in [-0.39, 0.29) is 11.7 Å². The highest BCUT2D eigenvalue weighted by atomic mass is 16.5. The summed E-state index contributed by atoms with van der Waals surface area (Å²) in [7, 11) is 0. The first-order chi connectivity index (χ1) is 14.6. The first kappa shape index (κ1) is 20.3. The number of aromatic nitrogens is 2. The Bertz CT molecular complexity index is 1030. The molecule has 0 N–H and O–H groups in total. The normalized spacial score (nSPS) is 14.2. The van der Waals surface area contributed by atoms with Gasteiger partial charge in [0.2, 0.25) is 0 Å². The Balaban J connectivity index is 1.41. The smallest absolute Gasteiger partial charge is 0.257 e. The predicted octanol–water partition coefficient (Wildman–Crippen LogP) is 3.73. The number of carbonyl (C=O) groups excluding carboxylic acids is 2. The van der Waals surface area contributed by atoms with Crippen LogP contribution in [0.1, 0.15) is 46.0 Å². The highest BCUT2D eigenvalue weighted by Crippen LogP contribution is 2.22. The second kappa shape index (κ2) is 9.22. The molecule has 0 aliphatic carbocycles. The predicted molar refractivity (Wildman–Crippen MR) is 116 cm³/mol. The molecule has 1 fully saturated rings. The van der Waals surface area contributed by atoms with E-state index in [0.717, 1.165) is 42.4 Å². The number of pyridine rings is 1. The lowest BCUT2D eigenvalue weighted by atomic mass is 10.0. The first-order valence-corrected chi connectivity index (χ1v) is 10.5. The number of morpholine rings is 1. The van der Waals surface area contributed by atoms with Gasteiger partial charge in [-0.1, -0.05) is 24.3 Å². The molecule has 0 saturated carbocycles. The zero-order valence-corrected chi connectivity index (χ0v) is 17.3. The number of unbranched alkanes of at least 4 members (excludes halogenated alkanes) is 1. The summed E-state index contributed by atoms with van der Waals surface area (Å²) in [5, 5.41) is 0. The van der Waals surface area contributed by atoms with Gasteiger partial charge in [-0.25, -0.2) is 0 Å². The zero-order valence-electron chi connectivity index (χ0n) is 17.3. The summed E-state index contributed by atoms with van der Waals surface area (Å²) in [6, 6.07) is 11.8. The summed E-state index contributed by atoms with van der Waals surface area (Å²) in [5.74, 6) is 0.128. The molecule has 1 aliphatic rings. The van der Waals surface area contributed by atoms with Crippen LogP contribution in [0.2, 0.25) is 0 Å². The van der Waals surface area contributed by atoms with Crippen LogP contribution < -0.4 is 0 Å². The van der Waals surface area contributed by atoms with Gasteiger partial charge in [-0.2, -0.15) is 0 Å². The Labute approximate surface area is 176 Å². The van der Waals surface area contributed by atoms with Crippen LogP contribution in [-0.2, 0) is 17.7 Å². The fourth-order valence-corrected chi connectivity index (χ4v) is 3.92. The maximum Gasteiger partial charge on any atom is 0.257 e. The maximum atomic E-state index is 13.0. The van der Waals surface area contributed by atoms with E-state index < -0.39 is 0 Å². The lowest BCUT2D eigenvalue weighted by Crippen LogP contribution is -2.40. The van der Waals surface area contributed by atoms with E-state index in [1.165, 1.54) is 5.56 Å². The number of hydrogen-bond donors (Lipinski definition) is 0. The number of benzene rings is 1. The Morgan fingerprint density at radius 2 is 1.83 bits per heavy atom. The molecule has 1 aromatic carbocycles. The van der Waals surface area contributed by atoms with Gasteiger partial charge in [0.05, 0.1) is 24.3 Å². The molecule has 156 valence electrons. The number of hydrogen-bond acceptors (Lipinski definition) is 4. The van der Waals surface area contributed by atoms with Crippen LogP contribution in [0.15, 0.2) is 48.8 Å². The Morgan fingerprint density at radius 1 is 1.07 bits per heavy atom. The van der Waals surface area contributed by atoms with Gasteiger partial charge in [0, 0.05) is 37.6 Å². The van der Waals surface area contributed by atoms with E-state index in [9.17, 15) is 9.59 Å². The van der Waals surface area contributed by atoms with Crippen LogP contribution in [0.25, 0.3) is 11.0 Å². The van der Waals surface area contributed by atoms with Crippen LogP contribution in [-0.4, -0.2) is 52.4 Å². The highest BCUT2D eigenvalue weighted by Gasteiger charge is 2.23. The molecular weight excluding hydrogens is 378 g/mol. The number of fused-ring (bicyclic) bond motifs is 1. The minimum absolute atomic E-state index is 0.0336. The average molecular weight is 405 g/mol. The number of nitrogens with zero attached hydrogens (tertiary/aromatic N) is 3.